The van der Waals surface area contributed by atoms with Gasteiger partial charge in [0, 0.05) is 25.7 Å². The highest BCUT2D eigenvalue weighted by Crippen LogP contribution is 2.29. The second kappa shape index (κ2) is 7.56. The van der Waals surface area contributed by atoms with Crippen molar-refractivity contribution in [2.24, 2.45) is 11.1 Å². The van der Waals surface area contributed by atoms with Gasteiger partial charge in [-0.05, 0) is 32.6 Å². The van der Waals surface area contributed by atoms with Gasteiger partial charge >= 0.3 is 0 Å². The summed E-state index contributed by atoms with van der Waals surface area (Å²) in [7, 11) is -3.17. The first-order valence-electron chi connectivity index (χ1n) is 7.83. The number of nitrogens with two attached hydrogens (primary N) is 1. The predicted molar refractivity (Wildman–Crippen MR) is 84.3 cm³/mol. The molecular weight excluding hydrogens is 290 g/mol. The quantitative estimate of drug-likeness (QED) is 0.722. The third-order valence-corrected chi connectivity index (χ3v) is 6.16. The lowest BCUT2D eigenvalue weighted by Crippen LogP contribution is -2.52. The van der Waals surface area contributed by atoms with Gasteiger partial charge in [-0.15, -0.1) is 0 Å². The van der Waals surface area contributed by atoms with E-state index in [-0.39, 0.29) is 17.7 Å². The van der Waals surface area contributed by atoms with Crippen molar-refractivity contribution < 1.29 is 13.2 Å². The molecule has 124 valence electrons. The van der Waals surface area contributed by atoms with Gasteiger partial charge in [0.05, 0.1) is 11.2 Å². The van der Waals surface area contributed by atoms with Crippen molar-refractivity contribution in [3.63, 3.8) is 0 Å². The van der Waals surface area contributed by atoms with Gasteiger partial charge in [0.2, 0.25) is 15.9 Å². The standard InChI is InChI=1S/C14H29N3O3S/c1-4-14(5-2,11-15)13(18)17-9-7-12(8-10-17)16-21(19,20)6-3/h12,16H,4-11,15H2,1-3H3. The number of amides is 1. The van der Waals surface area contributed by atoms with Gasteiger partial charge in [-0.1, -0.05) is 13.8 Å². The van der Waals surface area contributed by atoms with Crippen LogP contribution in [-0.2, 0) is 14.8 Å². The monoisotopic (exact) mass is 319 g/mol. The molecule has 1 rings (SSSR count). The maximum absolute atomic E-state index is 12.7. The number of carbonyl (C=O) groups is 1. The van der Waals surface area contributed by atoms with Gasteiger partial charge in [0.25, 0.3) is 0 Å². The number of piperidine rings is 1. The van der Waals surface area contributed by atoms with Crippen LogP contribution in [0.15, 0.2) is 0 Å². The minimum absolute atomic E-state index is 0.0606. The molecular formula is C14H29N3O3S. The Balaban J connectivity index is 2.62. The molecule has 0 bridgehead atoms. The first-order valence-corrected chi connectivity index (χ1v) is 9.48. The van der Waals surface area contributed by atoms with E-state index >= 15 is 0 Å². The molecule has 0 unspecified atom stereocenters. The fraction of sp³-hybridized carbons (Fsp3) is 0.929. The Morgan fingerprint density at radius 2 is 1.76 bits per heavy atom. The van der Waals surface area contributed by atoms with Gasteiger partial charge in [-0.2, -0.15) is 0 Å². The molecule has 1 aliphatic heterocycles. The number of nitrogens with zero attached hydrogens (tertiary/aromatic N) is 1. The van der Waals surface area contributed by atoms with Crippen molar-refractivity contribution in [2.45, 2.75) is 52.5 Å². The lowest BCUT2D eigenvalue weighted by atomic mass is 9.80. The number of hydrogen-bond acceptors (Lipinski definition) is 4. The Hall–Kier alpha value is -0.660. The molecule has 0 atom stereocenters. The molecule has 0 aliphatic carbocycles. The number of hydrogen-bond donors (Lipinski definition) is 2. The lowest BCUT2D eigenvalue weighted by molar-refractivity contribution is -0.143. The van der Waals surface area contributed by atoms with Crippen molar-refractivity contribution in [1.29, 1.82) is 0 Å². The summed E-state index contributed by atoms with van der Waals surface area (Å²) >= 11 is 0. The number of sulfonamides is 1. The number of nitrogens with one attached hydrogen (secondary N) is 1. The Bertz CT molecular complexity index is 430. The van der Waals surface area contributed by atoms with Gasteiger partial charge in [-0.25, -0.2) is 13.1 Å². The summed E-state index contributed by atoms with van der Waals surface area (Å²) in [6.07, 6.45) is 2.81. The van der Waals surface area contributed by atoms with E-state index in [0.29, 0.717) is 32.5 Å². The summed E-state index contributed by atoms with van der Waals surface area (Å²) in [6, 6.07) is -0.0606. The SMILES string of the molecule is CCC(CC)(CN)C(=O)N1CCC(NS(=O)(=O)CC)CC1. The molecule has 0 aromatic rings. The van der Waals surface area contributed by atoms with Gasteiger partial charge in [0.15, 0.2) is 0 Å². The van der Waals surface area contributed by atoms with Crippen LogP contribution in [-0.4, -0.2) is 50.7 Å². The van der Waals surface area contributed by atoms with E-state index in [1.54, 1.807) is 6.92 Å². The summed E-state index contributed by atoms with van der Waals surface area (Å²) in [6.45, 7) is 7.17. The maximum Gasteiger partial charge on any atom is 0.230 e. The highest BCUT2D eigenvalue weighted by molar-refractivity contribution is 7.89. The highest BCUT2D eigenvalue weighted by atomic mass is 32.2. The first-order chi connectivity index (χ1) is 9.84. The van der Waals surface area contributed by atoms with Crippen molar-refractivity contribution in [3.8, 4) is 0 Å². The molecule has 0 aromatic heterocycles. The average molecular weight is 319 g/mol. The van der Waals surface area contributed by atoms with E-state index < -0.39 is 15.4 Å². The number of carbonyl (C=O) groups excluding carboxylic acids is 1. The molecule has 7 heteroatoms. The molecule has 0 aromatic carbocycles. The Labute approximate surface area is 128 Å². The predicted octanol–water partition coefficient (Wildman–Crippen LogP) is 0.682. The Kier molecular flexibility index (Phi) is 6.62. The molecule has 21 heavy (non-hydrogen) atoms. The third-order valence-electron chi connectivity index (χ3n) is 4.71. The molecule has 0 radical (unpaired) electrons. The van der Waals surface area contributed by atoms with Crippen LogP contribution < -0.4 is 10.5 Å². The minimum atomic E-state index is -3.17. The smallest absolute Gasteiger partial charge is 0.230 e. The Morgan fingerprint density at radius 1 is 1.24 bits per heavy atom. The fourth-order valence-corrected chi connectivity index (χ4v) is 3.71. The van der Waals surface area contributed by atoms with Crippen LogP contribution in [0.1, 0.15) is 46.5 Å². The van der Waals surface area contributed by atoms with Crippen LogP contribution in [0.25, 0.3) is 0 Å². The molecule has 1 aliphatic rings. The summed E-state index contributed by atoms with van der Waals surface area (Å²) in [4.78, 5) is 14.5. The van der Waals surface area contributed by atoms with Crippen LogP contribution in [0.2, 0.25) is 0 Å². The van der Waals surface area contributed by atoms with Crippen molar-refractivity contribution in [2.75, 3.05) is 25.4 Å². The van der Waals surface area contributed by atoms with Crippen molar-refractivity contribution in [3.05, 3.63) is 0 Å². The van der Waals surface area contributed by atoms with Crippen LogP contribution >= 0.6 is 0 Å². The molecule has 0 saturated carbocycles. The number of rotatable bonds is 7. The zero-order valence-electron chi connectivity index (χ0n) is 13.4. The van der Waals surface area contributed by atoms with E-state index in [4.69, 9.17) is 5.73 Å². The topological polar surface area (TPSA) is 92.5 Å². The van der Waals surface area contributed by atoms with Crippen LogP contribution in [0.5, 0.6) is 0 Å². The van der Waals surface area contributed by atoms with E-state index in [9.17, 15) is 13.2 Å². The van der Waals surface area contributed by atoms with E-state index in [2.05, 4.69) is 4.72 Å². The molecule has 0 spiro atoms. The van der Waals surface area contributed by atoms with Crippen molar-refractivity contribution >= 4 is 15.9 Å². The van der Waals surface area contributed by atoms with Crippen LogP contribution in [0, 0.1) is 5.41 Å². The van der Waals surface area contributed by atoms with E-state index in [0.717, 1.165) is 12.8 Å². The van der Waals surface area contributed by atoms with E-state index in [1.165, 1.54) is 0 Å². The molecule has 1 saturated heterocycles. The fourth-order valence-electron chi connectivity index (χ4n) is 2.80. The maximum atomic E-state index is 12.7. The lowest BCUT2D eigenvalue weighted by Gasteiger charge is -2.39. The van der Waals surface area contributed by atoms with Crippen LogP contribution in [0.3, 0.4) is 0 Å². The normalized spacial score (nSPS) is 18.0. The highest BCUT2D eigenvalue weighted by Gasteiger charge is 2.38. The summed E-state index contributed by atoms with van der Waals surface area (Å²) < 4.78 is 25.8. The zero-order chi connectivity index (χ0) is 16.1. The van der Waals surface area contributed by atoms with Gasteiger partial charge in [0.1, 0.15) is 0 Å². The first kappa shape index (κ1) is 18.4. The van der Waals surface area contributed by atoms with Gasteiger partial charge in [-0.3, -0.25) is 4.79 Å². The molecule has 1 amide bonds. The number of likely N-dealkylation sites (tertiary alicyclic amines) is 1. The molecule has 1 fully saturated rings. The van der Waals surface area contributed by atoms with Gasteiger partial charge < -0.3 is 10.6 Å². The second-order valence-corrected chi connectivity index (χ2v) is 7.82. The summed E-state index contributed by atoms with van der Waals surface area (Å²) in [5.74, 6) is 0.209. The largest absolute Gasteiger partial charge is 0.342 e. The van der Waals surface area contributed by atoms with Crippen LogP contribution in [0.4, 0.5) is 0 Å². The van der Waals surface area contributed by atoms with E-state index in [1.807, 2.05) is 18.7 Å². The Morgan fingerprint density at radius 3 is 2.14 bits per heavy atom. The molecule has 1 heterocycles. The minimum Gasteiger partial charge on any atom is -0.342 e. The summed E-state index contributed by atoms with van der Waals surface area (Å²) in [5, 5.41) is 0. The molecule has 3 N–H and O–H groups in total. The second-order valence-electron chi connectivity index (χ2n) is 5.78. The molecule has 6 nitrogen and oxygen atoms in total. The average Bonchev–Trinajstić information content (AvgIpc) is 2.50. The van der Waals surface area contributed by atoms with Crippen molar-refractivity contribution in [1.82, 2.24) is 9.62 Å². The third kappa shape index (κ3) is 4.40. The zero-order valence-corrected chi connectivity index (χ0v) is 14.2. The summed E-state index contributed by atoms with van der Waals surface area (Å²) in [5.41, 5.74) is 5.36.